The second kappa shape index (κ2) is 6.41. The van der Waals surface area contributed by atoms with E-state index in [0.29, 0.717) is 18.9 Å². The van der Waals surface area contributed by atoms with E-state index in [0.717, 1.165) is 32.1 Å². The first kappa shape index (κ1) is 15.7. The van der Waals surface area contributed by atoms with Crippen molar-refractivity contribution in [2.45, 2.75) is 63.1 Å². The number of fused-ring (bicyclic) bond motifs is 2. The Morgan fingerprint density at radius 2 is 2.05 bits per heavy atom. The summed E-state index contributed by atoms with van der Waals surface area (Å²) >= 11 is 0. The molecule has 3 atom stereocenters. The van der Waals surface area contributed by atoms with Crippen molar-refractivity contribution in [1.29, 1.82) is 0 Å². The van der Waals surface area contributed by atoms with E-state index in [1.54, 1.807) is 0 Å². The molecule has 0 aliphatic carbocycles. The highest BCUT2D eigenvalue weighted by molar-refractivity contribution is 5.78. The van der Waals surface area contributed by atoms with Crippen LogP contribution in [-0.2, 0) is 4.79 Å². The van der Waals surface area contributed by atoms with Crippen LogP contribution in [0, 0.1) is 0 Å². The summed E-state index contributed by atoms with van der Waals surface area (Å²) in [7, 11) is 2.25. The number of nitrogens with two attached hydrogens (primary N) is 1. The van der Waals surface area contributed by atoms with Gasteiger partial charge in [-0.1, -0.05) is 6.92 Å². The molecule has 3 unspecified atom stereocenters. The van der Waals surface area contributed by atoms with Crippen molar-refractivity contribution >= 4 is 5.97 Å². The van der Waals surface area contributed by atoms with Gasteiger partial charge >= 0.3 is 5.97 Å². The summed E-state index contributed by atoms with van der Waals surface area (Å²) in [6, 6.07) is 1.45. The van der Waals surface area contributed by atoms with Gasteiger partial charge in [-0.3, -0.25) is 9.69 Å². The van der Waals surface area contributed by atoms with E-state index < -0.39 is 11.5 Å². The highest BCUT2D eigenvalue weighted by Crippen LogP contribution is 2.28. The minimum Gasteiger partial charge on any atom is -0.480 e. The first-order valence-electron chi connectivity index (χ1n) is 7.93. The Bertz CT molecular complexity index is 350. The number of carboxylic acid groups (broad SMARTS) is 1. The maximum atomic E-state index is 11.2. The normalized spacial score (nSPS) is 30.9. The average Bonchev–Trinajstić information content (AvgIpc) is 2.65. The highest BCUT2D eigenvalue weighted by atomic mass is 16.4. The van der Waals surface area contributed by atoms with Crippen LogP contribution in [0.4, 0.5) is 0 Å². The Morgan fingerprint density at radius 1 is 1.35 bits per heavy atom. The van der Waals surface area contributed by atoms with E-state index in [2.05, 4.69) is 16.8 Å². The molecule has 5 nitrogen and oxygen atoms in total. The van der Waals surface area contributed by atoms with E-state index in [1.807, 2.05) is 6.92 Å². The van der Waals surface area contributed by atoms with Crippen LogP contribution in [-0.4, -0.2) is 65.2 Å². The van der Waals surface area contributed by atoms with Gasteiger partial charge in [0.1, 0.15) is 5.54 Å². The number of likely N-dealkylation sites (N-methyl/N-ethyl adjacent to an activating group) is 1. The van der Waals surface area contributed by atoms with Gasteiger partial charge < -0.3 is 15.7 Å². The lowest BCUT2D eigenvalue weighted by Crippen LogP contribution is -2.48. The van der Waals surface area contributed by atoms with Crippen LogP contribution in [0.3, 0.4) is 0 Å². The zero-order chi connectivity index (χ0) is 14.8. The van der Waals surface area contributed by atoms with Crippen molar-refractivity contribution in [3.8, 4) is 0 Å². The van der Waals surface area contributed by atoms with Gasteiger partial charge in [-0.2, -0.15) is 0 Å². The number of hydrogen-bond acceptors (Lipinski definition) is 4. The molecule has 0 amide bonds. The fourth-order valence-corrected chi connectivity index (χ4v) is 3.64. The quantitative estimate of drug-likeness (QED) is 0.764. The van der Waals surface area contributed by atoms with Crippen molar-refractivity contribution in [3.05, 3.63) is 0 Å². The summed E-state index contributed by atoms with van der Waals surface area (Å²) in [5.41, 5.74) is 4.90. The molecule has 20 heavy (non-hydrogen) atoms. The molecule has 116 valence electrons. The second-order valence-corrected chi connectivity index (χ2v) is 6.56. The topological polar surface area (TPSA) is 69.8 Å². The zero-order valence-electron chi connectivity index (χ0n) is 12.8. The Balaban J connectivity index is 1.79. The molecule has 5 heteroatoms. The predicted octanol–water partition coefficient (Wildman–Crippen LogP) is 1.13. The first-order valence-corrected chi connectivity index (χ1v) is 7.93. The molecule has 2 rings (SSSR count). The van der Waals surface area contributed by atoms with Crippen LogP contribution < -0.4 is 5.73 Å². The van der Waals surface area contributed by atoms with Crippen LogP contribution in [0.1, 0.15) is 45.4 Å². The number of hydrogen-bond donors (Lipinski definition) is 2. The van der Waals surface area contributed by atoms with Gasteiger partial charge in [0.2, 0.25) is 0 Å². The smallest absolute Gasteiger partial charge is 0.323 e. The monoisotopic (exact) mass is 283 g/mol. The Morgan fingerprint density at radius 3 is 2.70 bits per heavy atom. The summed E-state index contributed by atoms with van der Waals surface area (Å²) in [5, 5.41) is 9.19. The summed E-state index contributed by atoms with van der Waals surface area (Å²) in [6.45, 7) is 5.10. The van der Waals surface area contributed by atoms with E-state index in [4.69, 9.17) is 5.73 Å². The van der Waals surface area contributed by atoms with E-state index in [9.17, 15) is 9.90 Å². The third kappa shape index (κ3) is 3.32. The minimum absolute atomic E-state index is 0.496. The number of likely N-dealkylation sites (tertiary alicyclic amines) is 1. The lowest BCUT2D eigenvalue weighted by Gasteiger charge is -2.28. The first-order chi connectivity index (χ1) is 9.46. The largest absolute Gasteiger partial charge is 0.480 e. The molecule has 3 N–H and O–H groups in total. The molecule has 0 saturated carbocycles. The molecule has 0 aromatic carbocycles. The molecule has 2 aliphatic heterocycles. The maximum Gasteiger partial charge on any atom is 0.323 e. The summed E-state index contributed by atoms with van der Waals surface area (Å²) < 4.78 is 0. The lowest BCUT2D eigenvalue weighted by atomic mass is 9.91. The van der Waals surface area contributed by atoms with E-state index in [1.165, 1.54) is 19.3 Å². The third-order valence-corrected chi connectivity index (χ3v) is 5.39. The molecular formula is C15H29N3O2. The number of aliphatic carboxylic acids is 1. The van der Waals surface area contributed by atoms with Gasteiger partial charge in [-0.25, -0.2) is 0 Å². The van der Waals surface area contributed by atoms with Crippen molar-refractivity contribution in [2.75, 3.05) is 26.7 Å². The Hall–Kier alpha value is -0.650. The molecule has 0 spiro atoms. The molecule has 2 bridgehead atoms. The number of rotatable bonds is 6. The van der Waals surface area contributed by atoms with Crippen molar-refractivity contribution in [1.82, 2.24) is 9.80 Å². The van der Waals surface area contributed by atoms with Crippen molar-refractivity contribution < 1.29 is 9.90 Å². The van der Waals surface area contributed by atoms with Gasteiger partial charge in [-0.05, 0) is 58.7 Å². The van der Waals surface area contributed by atoms with Gasteiger partial charge in [0, 0.05) is 18.6 Å². The SMILES string of the molecule is CCC(N)(CCCN1CCC2CCC(C1)N2C)C(=O)O. The second-order valence-electron chi connectivity index (χ2n) is 6.56. The van der Waals surface area contributed by atoms with Crippen molar-refractivity contribution in [2.24, 2.45) is 5.73 Å². The van der Waals surface area contributed by atoms with E-state index in [-0.39, 0.29) is 0 Å². The Kier molecular flexibility index (Phi) is 5.04. The molecule has 0 aromatic rings. The molecule has 2 saturated heterocycles. The van der Waals surface area contributed by atoms with Gasteiger partial charge in [-0.15, -0.1) is 0 Å². The van der Waals surface area contributed by atoms with Crippen LogP contribution in [0.15, 0.2) is 0 Å². The van der Waals surface area contributed by atoms with Crippen LogP contribution in [0.2, 0.25) is 0 Å². The predicted molar refractivity (Wildman–Crippen MR) is 79.7 cm³/mol. The van der Waals surface area contributed by atoms with Gasteiger partial charge in [0.15, 0.2) is 0 Å². The standard InChI is InChI=1S/C15H29N3O2/c1-3-15(16,14(19)20)8-4-9-18-10-7-12-5-6-13(11-18)17(12)2/h12-13H,3-11,16H2,1-2H3,(H,19,20). The molecule has 0 radical (unpaired) electrons. The molecular weight excluding hydrogens is 254 g/mol. The highest BCUT2D eigenvalue weighted by Gasteiger charge is 2.35. The summed E-state index contributed by atoms with van der Waals surface area (Å²) in [5.74, 6) is -0.866. The van der Waals surface area contributed by atoms with Crippen molar-refractivity contribution in [3.63, 3.8) is 0 Å². The number of carboxylic acids is 1. The Labute approximate surface area is 122 Å². The number of nitrogens with zero attached hydrogens (tertiary/aromatic N) is 2. The van der Waals surface area contributed by atoms with Crippen LogP contribution in [0.25, 0.3) is 0 Å². The van der Waals surface area contributed by atoms with E-state index >= 15 is 0 Å². The minimum atomic E-state index is -1.04. The van der Waals surface area contributed by atoms with Gasteiger partial charge in [0.25, 0.3) is 0 Å². The van der Waals surface area contributed by atoms with Gasteiger partial charge in [0.05, 0.1) is 0 Å². The van der Waals surface area contributed by atoms with Crippen LogP contribution >= 0.6 is 0 Å². The summed E-state index contributed by atoms with van der Waals surface area (Å²) in [4.78, 5) is 16.2. The third-order valence-electron chi connectivity index (χ3n) is 5.39. The molecule has 2 fully saturated rings. The maximum absolute atomic E-state index is 11.2. The summed E-state index contributed by atoms with van der Waals surface area (Å²) in [6.07, 6.45) is 5.83. The lowest BCUT2D eigenvalue weighted by molar-refractivity contribution is -0.143. The molecule has 0 aromatic heterocycles. The number of carbonyl (C=O) groups is 1. The fraction of sp³-hybridized carbons (Fsp3) is 0.933. The zero-order valence-corrected chi connectivity index (χ0v) is 12.8. The molecule has 2 aliphatic rings. The molecule has 2 heterocycles. The van der Waals surface area contributed by atoms with Crippen LogP contribution in [0.5, 0.6) is 0 Å². The average molecular weight is 283 g/mol. The fourth-order valence-electron chi connectivity index (χ4n) is 3.64.